The first-order chi connectivity index (χ1) is 9.78. The van der Waals surface area contributed by atoms with Crippen molar-refractivity contribution in [1.82, 2.24) is 23.5 Å². The van der Waals surface area contributed by atoms with Gasteiger partial charge in [-0.3, -0.25) is 9.36 Å². The number of nitriles is 1. The molecular weight excluding hydrogens is 278 g/mol. The molecule has 0 atom stereocenters. The van der Waals surface area contributed by atoms with Gasteiger partial charge in [0.15, 0.2) is 0 Å². The molecule has 0 saturated heterocycles. The highest BCUT2D eigenvalue weighted by molar-refractivity contribution is 7.00. The third kappa shape index (κ3) is 2.19. The Morgan fingerprint density at radius 2 is 2.35 bits per heavy atom. The molecule has 98 valence electrons. The minimum atomic E-state index is -0.290. The monoisotopic (exact) mass is 285 g/mol. The first kappa shape index (κ1) is 12.2. The quantitative estimate of drug-likeness (QED) is 0.762. The average molecular weight is 285 g/mol. The summed E-state index contributed by atoms with van der Waals surface area (Å²) in [5.41, 5.74) is 1.97. The van der Waals surface area contributed by atoms with Crippen molar-refractivity contribution >= 4 is 34.4 Å². The number of hydrogen-bond donors (Lipinski definition) is 1. The predicted octanol–water partition coefficient (Wildman–Crippen LogP) is 0.793. The van der Waals surface area contributed by atoms with Crippen LogP contribution in [-0.4, -0.2) is 29.4 Å². The highest BCUT2D eigenvalue weighted by Gasteiger charge is 2.11. The van der Waals surface area contributed by atoms with Crippen molar-refractivity contribution in [2.75, 3.05) is 5.32 Å². The van der Waals surface area contributed by atoms with E-state index >= 15 is 0 Å². The van der Waals surface area contributed by atoms with E-state index in [9.17, 15) is 4.79 Å². The van der Waals surface area contributed by atoms with Gasteiger partial charge in [-0.2, -0.15) is 14.0 Å². The van der Waals surface area contributed by atoms with Gasteiger partial charge in [-0.1, -0.05) is 6.07 Å². The number of anilines is 1. The van der Waals surface area contributed by atoms with Crippen molar-refractivity contribution in [3.63, 3.8) is 0 Å². The zero-order chi connectivity index (χ0) is 13.9. The van der Waals surface area contributed by atoms with Crippen molar-refractivity contribution < 1.29 is 4.79 Å². The summed E-state index contributed by atoms with van der Waals surface area (Å²) in [6.07, 6.45) is 1.34. The molecule has 0 saturated carbocycles. The molecule has 1 aromatic carbocycles. The molecule has 2 heterocycles. The lowest BCUT2D eigenvalue weighted by molar-refractivity contribution is -0.116. The number of carbonyl (C=O) groups is 1. The lowest BCUT2D eigenvalue weighted by atomic mass is 10.2. The van der Waals surface area contributed by atoms with Crippen molar-refractivity contribution in [2.45, 2.75) is 6.54 Å². The van der Waals surface area contributed by atoms with Crippen LogP contribution in [0.25, 0.3) is 11.0 Å². The van der Waals surface area contributed by atoms with Crippen LogP contribution in [0.3, 0.4) is 0 Å². The Labute approximate surface area is 117 Å². The second kappa shape index (κ2) is 5.02. The van der Waals surface area contributed by atoms with Gasteiger partial charge in [-0.05, 0) is 12.1 Å². The number of aromatic nitrogens is 5. The van der Waals surface area contributed by atoms with Crippen LogP contribution in [0.4, 0.5) is 5.69 Å². The number of amides is 1. The standard InChI is InChI=1S/C11H7N7OS/c12-4-9-15-13-6-18(9)5-10(19)14-7-2-1-3-8-11(7)17-20-16-8/h1-3,6H,5H2,(H,14,19). The summed E-state index contributed by atoms with van der Waals surface area (Å²) in [5.74, 6) is -0.199. The molecule has 0 aliphatic rings. The number of fused-ring (bicyclic) bond motifs is 1. The van der Waals surface area contributed by atoms with Crippen LogP contribution < -0.4 is 5.32 Å². The Morgan fingerprint density at radius 3 is 3.20 bits per heavy atom. The van der Waals surface area contributed by atoms with E-state index < -0.39 is 0 Å². The maximum atomic E-state index is 12.0. The Kier molecular flexibility index (Phi) is 3.06. The van der Waals surface area contributed by atoms with Gasteiger partial charge in [0, 0.05) is 0 Å². The zero-order valence-electron chi connectivity index (χ0n) is 10.0. The van der Waals surface area contributed by atoms with Crippen LogP contribution in [-0.2, 0) is 11.3 Å². The summed E-state index contributed by atoms with van der Waals surface area (Å²) in [5, 5.41) is 18.7. The maximum absolute atomic E-state index is 12.0. The minimum absolute atomic E-state index is 0.0379. The van der Waals surface area contributed by atoms with Crippen LogP contribution in [0.5, 0.6) is 0 Å². The molecule has 3 rings (SSSR count). The summed E-state index contributed by atoms with van der Waals surface area (Å²) in [6, 6.07) is 7.22. The number of hydrogen-bond acceptors (Lipinski definition) is 7. The molecule has 0 radical (unpaired) electrons. The first-order valence-electron chi connectivity index (χ1n) is 5.57. The highest BCUT2D eigenvalue weighted by atomic mass is 32.1. The topological polar surface area (TPSA) is 109 Å². The van der Waals surface area contributed by atoms with Gasteiger partial charge in [0.25, 0.3) is 0 Å². The fourth-order valence-corrected chi connectivity index (χ4v) is 2.26. The van der Waals surface area contributed by atoms with Gasteiger partial charge in [-0.25, -0.2) is 0 Å². The van der Waals surface area contributed by atoms with Crippen LogP contribution in [0.2, 0.25) is 0 Å². The van der Waals surface area contributed by atoms with E-state index in [4.69, 9.17) is 5.26 Å². The summed E-state index contributed by atoms with van der Waals surface area (Å²) in [6.45, 7) is -0.0379. The third-order valence-electron chi connectivity index (χ3n) is 2.59. The highest BCUT2D eigenvalue weighted by Crippen LogP contribution is 2.21. The van der Waals surface area contributed by atoms with Gasteiger partial charge < -0.3 is 5.32 Å². The largest absolute Gasteiger partial charge is 0.323 e. The normalized spacial score (nSPS) is 10.3. The van der Waals surface area contributed by atoms with E-state index in [1.807, 2.05) is 12.1 Å². The second-order valence-corrected chi connectivity index (χ2v) is 4.41. The summed E-state index contributed by atoms with van der Waals surface area (Å²) in [7, 11) is 0. The van der Waals surface area contributed by atoms with Crippen LogP contribution >= 0.6 is 11.7 Å². The van der Waals surface area contributed by atoms with Gasteiger partial charge in [0.05, 0.1) is 17.4 Å². The van der Waals surface area contributed by atoms with E-state index in [1.165, 1.54) is 10.9 Å². The Hall–Kier alpha value is -2.86. The number of rotatable bonds is 3. The lowest BCUT2D eigenvalue weighted by Gasteiger charge is -2.06. The molecule has 1 amide bonds. The summed E-state index contributed by atoms with van der Waals surface area (Å²) >= 11 is 1.09. The number of carbonyl (C=O) groups excluding carboxylic acids is 1. The van der Waals surface area contributed by atoms with E-state index in [0.717, 1.165) is 17.2 Å². The van der Waals surface area contributed by atoms with Crippen LogP contribution in [0.1, 0.15) is 5.82 Å². The fourth-order valence-electron chi connectivity index (χ4n) is 1.71. The minimum Gasteiger partial charge on any atom is -0.323 e. The molecule has 1 N–H and O–H groups in total. The van der Waals surface area contributed by atoms with E-state index in [2.05, 4.69) is 24.3 Å². The molecule has 0 aliphatic heterocycles. The van der Waals surface area contributed by atoms with E-state index in [-0.39, 0.29) is 18.3 Å². The van der Waals surface area contributed by atoms with Gasteiger partial charge in [0.1, 0.15) is 30.0 Å². The van der Waals surface area contributed by atoms with Gasteiger partial charge >= 0.3 is 0 Å². The van der Waals surface area contributed by atoms with Crippen LogP contribution in [0, 0.1) is 11.3 Å². The van der Waals surface area contributed by atoms with Crippen molar-refractivity contribution in [3.05, 3.63) is 30.4 Å². The first-order valence-corrected chi connectivity index (χ1v) is 6.30. The number of benzene rings is 1. The molecule has 2 aromatic heterocycles. The summed E-state index contributed by atoms with van der Waals surface area (Å²) < 4.78 is 9.61. The lowest BCUT2D eigenvalue weighted by Crippen LogP contribution is -2.19. The van der Waals surface area contributed by atoms with Gasteiger partial charge in [0.2, 0.25) is 11.7 Å². The van der Waals surface area contributed by atoms with E-state index in [0.29, 0.717) is 11.2 Å². The van der Waals surface area contributed by atoms with Crippen molar-refractivity contribution in [3.8, 4) is 6.07 Å². The smallest absolute Gasteiger partial charge is 0.244 e. The predicted molar refractivity (Wildman–Crippen MR) is 70.8 cm³/mol. The molecule has 8 nitrogen and oxygen atoms in total. The number of nitrogens with one attached hydrogen (secondary N) is 1. The molecule has 0 unspecified atom stereocenters. The third-order valence-corrected chi connectivity index (χ3v) is 3.13. The summed E-state index contributed by atoms with van der Waals surface area (Å²) in [4.78, 5) is 12.0. The number of nitrogens with zero attached hydrogens (tertiary/aromatic N) is 6. The van der Waals surface area contributed by atoms with Gasteiger partial charge in [-0.15, -0.1) is 10.2 Å². The molecule has 20 heavy (non-hydrogen) atoms. The molecule has 9 heteroatoms. The maximum Gasteiger partial charge on any atom is 0.244 e. The zero-order valence-corrected chi connectivity index (χ0v) is 10.8. The fraction of sp³-hybridized carbons (Fsp3) is 0.0909. The molecule has 0 spiro atoms. The van der Waals surface area contributed by atoms with E-state index in [1.54, 1.807) is 12.1 Å². The Morgan fingerprint density at radius 1 is 1.45 bits per heavy atom. The average Bonchev–Trinajstić information content (AvgIpc) is 3.07. The molecule has 0 bridgehead atoms. The molecule has 0 fully saturated rings. The van der Waals surface area contributed by atoms with Crippen LogP contribution in [0.15, 0.2) is 24.5 Å². The Balaban J connectivity index is 1.80. The van der Waals surface area contributed by atoms with Crippen molar-refractivity contribution in [1.29, 1.82) is 5.26 Å². The SMILES string of the molecule is N#Cc1nncn1CC(=O)Nc1cccc2nsnc12. The van der Waals surface area contributed by atoms with Crippen molar-refractivity contribution in [2.24, 2.45) is 0 Å². The molecule has 3 aromatic rings. The second-order valence-electron chi connectivity index (χ2n) is 3.88. The molecule has 0 aliphatic carbocycles. The Bertz CT molecular complexity index is 815. The molecular formula is C11H7N7OS.